The Labute approximate surface area is 80.6 Å². The fourth-order valence-electron chi connectivity index (χ4n) is 1.31. The van der Waals surface area contributed by atoms with Gasteiger partial charge in [0.15, 0.2) is 0 Å². The topological polar surface area (TPSA) is 58.9 Å². The average Bonchev–Trinajstić information content (AvgIpc) is 2.56. The van der Waals surface area contributed by atoms with E-state index in [4.69, 9.17) is 4.52 Å². The Morgan fingerprint density at radius 1 is 1.43 bits per heavy atom. The lowest BCUT2D eigenvalue weighted by Crippen LogP contribution is -2.01. The highest BCUT2D eigenvalue weighted by Crippen LogP contribution is 2.10. The Morgan fingerprint density at radius 2 is 2.21 bits per heavy atom. The first-order chi connectivity index (χ1) is 6.75. The summed E-state index contributed by atoms with van der Waals surface area (Å²) in [4.78, 5) is 14.4. The van der Waals surface area contributed by atoms with Gasteiger partial charge < -0.3 is 4.52 Å². The average molecular weight is 190 g/mol. The molecule has 0 saturated carbocycles. The van der Waals surface area contributed by atoms with Crippen molar-refractivity contribution in [3.8, 4) is 0 Å². The number of rotatable bonds is 2. The van der Waals surface area contributed by atoms with Crippen molar-refractivity contribution in [3.05, 3.63) is 51.8 Å². The minimum Gasteiger partial charge on any atom is -0.362 e. The molecule has 0 bridgehead atoms. The number of aromatic nitrogens is 2. The number of H-pyrrole nitrogens is 1. The first-order valence-electron chi connectivity index (χ1n) is 4.34. The van der Waals surface area contributed by atoms with E-state index in [1.807, 2.05) is 31.2 Å². The van der Waals surface area contributed by atoms with Crippen LogP contribution in [0, 0.1) is 6.92 Å². The van der Waals surface area contributed by atoms with E-state index >= 15 is 0 Å². The molecule has 2 aromatic rings. The van der Waals surface area contributed by atoms with Crippen LogP contribution in [0.3, 0.4) is 0 Å². The zero-order valence-corrected chi connectivity index (χ0v) is 7.78. The molecule has 1 N–H and O–H groups in total. The molecule has 4 heteroatoms. The van der Waals surface area contributed by atoms with Crippen LogP contribution in [0.2, 0.25) is 0 Å². The number of nitrogens with one attached hydrogen (secondary N) is 1. The predicted molar refractivity (Wildman–Crippen MR) is 51.1 cm³/mol. The summed E-state index contributed by atoms with van der Waals surface area (Å²) in [7, 11) is 0. The number of hydrogen-bond acceptors (Lipinski definition) is 3. The third-order valence-corrected chi connectivity index (χ3v) is 2.09. The van der Waals surface area contributed by atoms with Crippen LogP contribution in [-0.2, 0) is 6.42 Å². The fourth-order valence-corrected chi connectivity index (χ4v) is 1.31. The van der Waals surface area contributed by atoms with Gasteiger partial charge in [-0.1, -0.05) is 24.3 Å². The van der Waals surface area contributed by atoms with Crippen molar-refractivity contribution in [3.63, 3.8) is 0 Å². The van der Waals surface area contributed by atoms with E-state index in [2.05, 4.69) is 10.1 Å². The minimum absolute atomic E-state index is 0.421. The van der Waals surface area contributed by atoms with Crippen LogP contribution in [0.25, 0.3) is 0 Å². The standard InChI is InChI=1S/C10H10N2O2/c1-7-4-2-3-5-8(7)6-9-11-10(13)12-14-9/h2-5H,6H2,1H3,(H,12,13). The maximum atomic E-state index is 10.7. The molecule has 1 aromatic carbocycles. The number of aryl methyl sites for hydroxylation is 1. The summed E-state index contributed by atoms with van der Waals surface area (Å²) in [5.41, 5.74) is 1.84. The van der Waals surface area contributed by atoms with E-state index in [9.17, 15) is 4.79 Å². The molecule has 0 aliphatic rings. The molecule has 0 fully saturated rings. The molecule has 0 spiro atoms. The first kappa shape index (κ1) is 8.74. The summed E-state index contributed by atoms with van der Waals surface area (Å²) < 4.78 is 4.87. The highest BCUT2D eigenvalue weighted by molar-refractivity contribution is 5.27. The molecule has 0 radical (unpaired) electrons. The Hall–Kier alpha value is -1.84. The van der Waals surface area contributed by atoms with Crippen LogP contribution in [-0.4, -0.2) is 10.1 Å². The number of nitrogens with zero attached hydrogens (tertiary/aromatic N) is 1. The third-order valence-electron chi connectivity index (χ3n) is 2.09. The summed E-state index contributed by atoms with van der Waals surface area (Å²) in [6.45, 7) is 2.01. The molecule has 14 heavy (non-hydrogen) atoms. The Balaban J connectivity index is 2.27. The Morgan fingerprint density at radius 3 is 2.86 bits per heavy atom. The van der Waals surface area contributed by atoms with Crippen LogP contribution in [0.15, 0.2) is 33.6 Å². The lowest BCUT2D eigenvalue weighted by atomic mass is 10.1. The molecule has 0 unspecified atom stereocenters. The fraction of sp³-hybridized carbons (Fsp3) is 0.200. The zero-order valence-electron chi connectivity index (χ0n) is 7.78. The lowest BCUT2D eigenvalue weighted by molar-refractivity contribution is 0.380. The maximum Gasteiger partial charge on any atom is 0.377 e. The highest BCUT2D eigenvalue weighted by atomic mass is 16.5. The summed E-state index contributed by atoms with van der Waals surface area (Å²) >= 11 is 0. The normalized spacial score (nSPS) is 10.4. The van der Waals surface area contributed by atoms with Gasteiger partial charge in [0.25, 0.3) is 0 Å². The molecular formula is C10H10N2O2. The molecule has 0 atom stereocenters. The molecule has 0 aliphatic heterocycles. The summed E-state index contributed by atoms with van der Waals surface area (Å²) in [6, 6.07) is 7.93. The molecule has 0 aliphatic carbocycles. The SMILES string of the molecule is Cc1ccccc1Cc1nc(=O)[nH]o1. The second-order valence-corrected chi connectivity index (χ2v) is 3.12. The molecule has 0 amide bonds. The minimum atomic E-state index is -0.436. The molecule has 1 heterocycles. The van der Waals surface area contributed by atoms with E-state index in [1.54, 1.807) is 0 Å². The number of aromatic amines is 1. The van der Waals surface area contributed by atoms with Crippen LogP contribution in [0.1, 0.15) is 17.0 Å². The third kappa shape index (κ3) is 1.74. The maximum absolute atomic E-state index is 10.7. The number of hydrogen-bond donors (Lipinski definition) is 1. The summed E-state index contributed by atoms with van der Waals surface area (Å²) in [6.07, 6.45) is 0.547. The van der Waals surface area contributed by atoms with Gasteiger partial charge in [-0.2, -0.15) is 10.1 Å². The Bertz CT molecular complexity index is 485. The van der Waals surface area contributed by atoms with Crippen molar-refractivity contribution < 1.29 is 4.52 Å². The lowest BCUT2D eigenvalue weighted by Gasteiger charge is -2.00. The van der Waals surface area contributed by atoms with Crippen molar-refractivity contribution >= 4 is 0 Å². The quantitative estimate of drug-likeness (QED) is 0.775. The van der Waals surface area contributed by atoms with E-state index in [0.717, 1.165) is 11.1 Å². The molecule has 1 aromatic heterocycles. The molecule has 72 valence electrons. The molecular weight excluding hydrogens is 180 g/mol. The van der Waals surface area contributed by atoms with Gasteiger partial charge in [0.1, 0.15) is 0 Å². The van der Waals surface area contributed by atoms with Gasteiger partial charge in [-0.05, 0) is 18.1 Å². The van der Waals surface area contributed by atoms with Crippen molar-refractivity contribution in [2.24, 2.45) is 0 Å². The molecule has 0 saturated heterocycles. The summed E-state index contributed by atoms with van der Waals surface area (Å²) in [5.74, 6) is 0.421. The predicted octanol–water partition coefficient (Wildman–Crippen LogP) is 1.26. The van der Waals surface area contributed by atoms with Gasteiger partial charge in [-0.25, -0.2) is 4.79 Å². The van der Waals surface area contributed by atoms with Gasteiger partial charge in [-0.3, -0.25) is 0 Å². The smallest absolute Gasteiger partial charge is 0.362 e. The van der Waals surface area contributed by atoms with Crippen molar-refractivity contribution in [2.45, 2.75) is 13.3 Å². The Kier molecular flexibility index (Phi) is 2.18. The molecule has 4 nitrogen and oxygen atoms in total. The van der Waals surface area contributed by atoms with Gasteiger partial charge in [0.05, 0.1) is 6.42 Å². The second kappa shape index (κ2) is 3.49. The van der Waals surface area contributed by atoms with Crippen LogP contribution in [0.5, 0.6) is 0 Å². The van der Waals surface area contributed by atoms with E-state index < -0.39 is 5.69 Å². The van der Waals surface area contributed by atoms with E-state index in [1.165, 1.54) is 0 Å². The van der Waals surface area contributed by atoms with Gasteiger partial charge in [0, 0.05) is 0 Å². The monoisotopic (exact) mass is 190 g/mol. The van der Waals surface area contributed by atoms with Crippen molar-refractivity contribution in [1.29, 1.82) is 0 Å². The van der Waals surface area contributed by atoms with Gasteiger partial charge in [0.2, 0.25) is 5.89 Å². The van der Waals surface area contributed by atoms with Crippen LogP contribution < -0.4 is 5.69 Å². The van der Waals surface area contributed by atoms with Crippen LogP contribution >= 0.6 is 0 Å². The second-order valence-electron chi connectivity index (χ2n) is 3.12. The molecule has 2 rings (SSSR count). The first-order valence-corrected chi connectivity index (χ1v) is 4.34. The highest BCUT2D eigenvalue weighted by Gasteiger charge is 2.04. The van der Waals surface area contributed by atoms with Crippen molar-refractivity contribution in [2.75, 3.05) is 0 Å². The summed E-state index contributed by atoms with van der Waals surface area (Å²) in [5, 5.41) is 2.17. The van der Waals surface area contributed by atoms with Gasteiger partial charge >= 0.3 is 5.69 Å². The number of benzene rings is 1. The zero-order chi connectivity index (χ0) is 9.97. The van der Waals surface area contributed by atoms with E-state index in [0.29, 0.717) is 12.3 Å². The van der Waals surface area contributed by atoms with Crippen molar-refractivity contribution in [1.82, 2.24) is 10.1 Å². The van der Waals surface area contributed by atoms with E-state index in [-0.39, 0.29) is 0 Å². The largest absolute Gasteiger partial charge is 0.377 e. The van der Waals surface area contributed by atoms with Crippen LogP contribution in [0.4, 0.5) is 0 Å². The van der Waals surface area contributed by atoms with Gasteiger partial charge in [-0.15, -0.1) is 0 Å².